The maximum atomic E-state index is 12.4. The van der Waals surface area contributed by atoms with Crippen LogP contribution in [-0.4, -0.2) is 77.9 Å². The second-order valence-corrected chi connectivity index (χ2v) is 10.1. The van der Waals surface area contributed by atoms with Crippen molar-refractivity contribution < 1.29 is 23.8 Å². The lowest BCUT2D eigenvalue weighted by Gasteiger charge is -2.39. The Bertz CT molecular complexity index is 976. The van der Waals surface area contributed by atoms with Crippen LogP contribution in [0.15, 0.2) is 54.6 Å². The summed E-state index contributed by atoms with van der Waals surface area (Å²) in [5.74, 6) is 0.800. The maximum absolute atomic E-state index is 12.4. The van der Waals surface area contributed by atoms with Crippen LogP contribution >= 0.6 is 0 Å². The van der Waals surface area contributed by atoms with E-state index in [4.69, 9.17) is 14.2 Å². The molecule has 2 aromatic carbocycles. The lowest BCUT2D eigenvalue weighted by atomic mass is 10.1. The van der Waals surface area contributed by atoms with Gasteiger partial charge < -0.3 is 24.0 Å². The quantitative estimate of drug-likeness (QED) is 0.618. The molecule has 35 heavy (non-hydrogen) atoms. The summed E-state index contributed by atoms with van der Waals surface area (Å²) in [6, 6.07) is 17.8. The highest BCUT2D eigenvalue weighted by atomic mass is 16.6. The molecule has 2 heterocycles. The first-order valence-corrected chi connectivity index (χ1v) is 12.2. The summed E-state index contributed by atoms with van der Waals surface area (Å²) in [7, 11) is 0. The highest BCUT2D eigenvalue weighted by Crippen LogP contribution is 2.21. The zero-order chi connectivity index (χ0) is 24.8. The lowest BCUT2D eigenvalue weighted by molar-refractivity contribution is -0.0221. The largest absolute Gasteiger partial charge is 0.487 e. The van der Waals surface area contributed by atoms with Crippen molar-refractivity contribution in [3.8, 4) is 5.75 Å². The van der Waals surface area contributed by atoms with E-state index >= 15 is 0 Å². The van der Waals surface area contributed by atoms with Gasteiger partial charge in [-0.1, -0.05) is 42.5 Å². The van der Waals surface area contributed by atoms with Gasteiger partial charge in [-0.25, -0.2) is 9.59 Å². The monoisotopic (exact) mass is 481 g/mol. The number of piperazine rings is 1. The normalized spacial score (nSPS) is 17.0. The Kier molecular flexibility index (Phi) is 7.80. The van der Waals surface area contributed by atoms with Gasteiger partial charge in [-0.2, -0.15) is 0 Å². The fraction of sp³-hybridized carbons (Fsp3) is 0.481. The summed E-state index contributed by atoms with van der Waals surface area (Å²) >= 11 is 0. The number of nitrogens with zero attached hydrogens (tertiary/aromatic N) is 3. The second-order valence-electron chi connectivity index (χ2n) is 10.1. The summed E-state index contributed by atoms with van der Waals surface area (Å²) in [5, 5.41) is 0. The fourth-order valence-corrected chi connectivity index (χ4v) is 4.01. The van der Waals surface area contributed by atoms with Gasteiger partial charge >= 0.3 is 12.2 Å². The van der Waals surface area contributed by atoms with E-state index in [-0.39, 0.29) is 18.3 Å². The molecule has 0 unspecified atom stereocenters. The van der Waals surface area contributed by atoms with Crippen molar-refractivity contribution in [2.75, 3.05) is 39.3 Å². The lowest BCUT2D eigenvalue weighted by Crippen LogP contribution is -2.57. The molecule has 2 aliphatic heterocycles. The van der Waals surface area contributed by atoms with E-state index in [9.17, 15) is 9.59 Å². The minimum atomic E-state index is -0.489. The standard InChI is InChI=1S/C27H35N3O5/c1-27(2,3)35-26(32)30-18-24(19-30)34-23-11-9-21(10-12-23)17-28-13-15-29(16-14-28)25(31)33-20-22-7-5-4-6-8-22/h4-12,24H,13-20H2,1-3H3. The number of carbonyl (C=O) groups is 2. The first kappa shape index (κ1) is 24.9. The minimum Gasteiger partial charge on any atom is -0.487 e. The van der Waals surface area contributed by atoms with E-state index in [1.807, 2.05) is 63.2 Å². The van der Waals surface area contributed by atoms with Gasteiger partial charge in [-0.05, 0) is 44.0 Å². The number of ether oxygens (including phenoxy) is 3. The minimum absolute atomic E-state index is 0.0110. The maximum Gasteiger partial charge on any atom is 0.410 e. The van der Waals surface area contributed by atoms with E-state index < -0.39 is 5.60 Å². The van der Waals surface area contributed by atoms with E-state index in [1.54, 1.807) is 9.80 Å². The molecule has 0 aliphatic carbocycles. The smallest absolute Gasteiger partial charge is 0.410 e. The van der Waals surface area contributed by atoms with Crippen LogP contribution in [-0.2, 0) is 22.6 Å². The van der Waals surface area contributed by atoms with Crippen molar-refractivity contribution in [2.45, 2.75) is 45.6 Å². The topological polar surface area (TPSA) is 71.5 Å². The van der Waals surface area contributed by atoms with Gasteiger partial charge in [0.25, 0.3) is 0 Å². The summed E-state index contributed by atoms with van der Waals surface area (Å²) in [5.41, 5.74) is 1.70. The van der Waals surface area contributed by atoms with Gasteiger partial charge in [0.15, 0.2) is 0 Å². The molecule has 0 aromatic heterocycles. The average Bonchev–Trinajstić information content (AvgIpc) is 2.80. The number of benzene rings is 2. The third kappa shape index (κ3) is 7.36. The number of hydrogen-bond acceptors (Lipinski definition) is 6. The number of amides is 2. The highest BCUT2D eigenvalue weighted by Gasteiger charge is 2.35. The van der Waals surface area contributed by atoms with Crippen LogP contribution < -0.4 is 4.74 Å². The fourth-order valence-electron chi connectivity index (χ4n) is 4.01. The van der Waals surface area contributed by atoms with Crippen molar-refractivity contribution in [3.05, 3.63) is 65.7 Å². The SMILES string of the molecule is CC(C)(C)OC(=O)N1CC(Oc2ccc(CN3CCN(C(=O)OCc4ccccc4)CC3)cc2)C1. The molecule has 0 bridgehead atoms. The molecule has 0 spiro atoms. The van der Waals surface area contributed by atoms with Gasteiger partial charge in [0.2, 0.25) is 0 Å². The number of rotatable bonds is 6. The Morgan fingerprint density at radius 1 is 0.829 bits per heavy atom. The van der Waals surface area contributed by atoms with Crippen molar-refractivity contribution in [1.82, 2.24) is 14.7 Å². The zero-order valence-corrected chi connectivity index (χ0v) is 20.8. The number of likely N-dealkylation sites (tertiary alicyclic amines) is 1. The van der Waals surface area contributed by atoms with Crippen LogP contribution in [0.25, 0.3) is 0 Å². The van der Waals surface area contributed by atoms with Crippen LogP contribution in [0.5, 0.6) is 5.75 Å². The molecule has 188 valence electrons. The second kappa shape index (κ2) is 11.0. The molecule has 0 radical (unpaired) electrons. The molecule has 2 saturated heterocycles. The molecule has 8 heteroatoms. The Labute approximate surface area is 207 Å². The molecule has 4 rings (SSSR count). The van der Waals surface area contributed by atoms with Crippen LogP contribution in [0.4, 0.5) is 9.59 Å². The molecular weight excluding hydrogens is 446 g/mol. The predicted molar refractivity (Wildman–Crippen MR) is 132 cm³/mol. The molecule has 0 saturated carbocycles. The molecule has 2 amide bonds. The van der Waals surface area contributed by atoms with Gasteiger partial charge in [0, 0.05) is 32.7 Å². The molecular formula is C27H35N3O5. The molecule has 0 N–H and O–H groups in total. The van der Waals surface area contributed by atoms with E-state index in [0.717, 1.165) is 30.9 Å². The summed E-state index contributed by atoms with van der Waals surface area (Å²) in [4.78, 5) is 30.2. The summed E-state index contributed by atoms with van der Waals surface area (Å²) in [6.07, 6.45) is -0.559. The van der Waals surface area contributed by atoms with Crippen molar-refractivity contribution in [2.24, 2.45) is 0 Å². The van der Waals surface area contributed by atoms with Gasteiger partial charge in [0.05, 0.1) is 13.1 Å². The van der Waals surface area contributed by atoms with Gasteiger partial charge in [0.1, 0.15) is 24.1 Å². The highest BCUT2D eigenvalue weighted by molar-refractivity contribution is 5.69. The molecule has 2 aromatic rings. The van der Waals surface area contributed by atoms with Crippen LogP contribution in [0.1, 0.15) is 31.9 Å². The average molecular weight is 482 g/mol. The Morgan fingerprint density at radius 3 is 2.11 bits per heavy atom. The number of carbonyl (C=O) groups excluding carboxylic acids is 2. The Hall–Kier alpha value is -3.26. The van der Waals surface area contributed by atoms with Crippen molar-refractivity contribution >= 4 is 12.2 Å². The van der Waals surface area contributed by atoms with Gasteiger partial charge in [-0.3, -0.25) is 4.90 Å². The van der Waals surface area contributed by atoms with Crippen LogP contribution in [0, 0.1) is 0 Å². The molecule has 0 atom stereocenters. The third-order valence-corrected chi connectivity index (χ3v) is 5.97. The molecule has 8 nitrogen and oxygen atoms in total. The van der Waals surface area contributed by atoms with Crippen LogP contribution in [0.3, 0.4) is 0 Å². The first-order valence-electron chi connectivity index (χ1n) is 12.2. The van der Waals surface area contributed by atoms with E-state index in [0.29, 0.717) is 32.8 Å². The molecule has 2 fully saturated rings. The molecule has 2 aliphatic rings. The predicted octanol–water partition coefficient (Wildman–Crippen LogP) is 4.14. The Balaban J connectivity index is 1.14. The van der Waals surface area contributed by atoms with Crippen molar-refractivity contribution in [3.63, 3.8) is 0 Å². The van der Waals surface area contributed by atoms with E-state index in [2.05, 4.69) is 17.0 Å². The summed E-state index contributed by atoms with van der Waals surface area (Å²) < 4.78 is 16.8. The number of hydrogen-bond donors (Lipinski definition) is 0. The third-order valence-electron chi connectivity index (χ3n) is 5.97. The van der Waals surface area contributed by atoms with Crippen LogP contribution in [0.2, 0.25) is 0 Å². The zero-order valence-electron chi connectivity index (χ0n) is 20.8. The van der Waals surface area contributed by atoms with Crippen molar-refractivity contribution in [1.29, 1.82) is 0 Å². The van der Waals surface area contributed by atoms with E-state index in [1.165, 1.54) is 5.56 Å². The van der Waals surface area contributed by atoms with Gasteiger partial charge in [-0.15, -0.1) is 0 Å². The first-order chi connectivity index (χ1) is 16.7. The summed E-state index contributed by atoms with van der Waals surface area (Å²) in [6.45, 7) is 10.7. The Morgan fingerprint density at radius 2 is 1.49 bits per heavy atom.